The van der Waals surface area contributed by atoms with Gasteiger partial charge in [0.15, 0.2) is 5.82 Å². The van der Waals surface area contributed by atoms with Crippen LogP contribution in [0.4, 0.5) is 31.7 Å². The molecule has 0 amide bonds. The average molecular weight is 516 g/mol. The first kappa shape index (κ1) is 24.2. The van der Waals surface area contributed by atoms with Crippen LogP contribution in [0.25, 0.3) is 11.0 Å². The highest BCUT2D eigenvalue weighted by molar-refractivity contribution is 5.87. The Morgan fingerprint density at radius 1 is 0.974 bits per heavy atom. The number of nitrogens with zero attached hydrogens (tertiary/aromatic N) is 4. The van der Waals surface area contributed by atoms with Crippen molar-refractivity contribution >= 4 is 33.9 Å². The standard InChI is InChI=1S/C29H31F2N7/c1-19(36-27-25(31)15-22(30)16-26(27)37-11-2-3-12-37)35-23-8-4-6-20(14-23)21-7-5-13-38(17-21)29-24-9-10-32-28(24)33-18-34-29/h4,6,8-10,14-16,18,21,35-36H,1-3,5,7,11-13,17H2,(H,32,33,34). The van der Waals surface area contributed by atoms with Crippen LogP contribution in [0.3, 0.4) is 0 Å². The van der Waals surface area contributed by atoms with E-state index in [1.165, 1.54) is 11.6 Å². The number of hydrogen-bond donors (Lipinski definition) is 3. The average Bonchev–Trinajstić information content (AvgIpc) is 3.63. The first-order chi connectivity index (χ1) is 18.5. The molecule has 0 saturated carbocycles. The molecule has 196 valence electrons. The molecule has 2 aliphatic heterocycles. The summed E-state index contributed by atoms with van der Waals surface area (Å²) >= 11 is 0. The van der Waals surface area contributed by atoms with E-state index in [0.29, 0.717) is 17.4 Å². The van der Waals surface area contributed by atoms with E-state index < -0.39 is 11.6 Å². The van der Waals surface area contributed by atoms with Gasteiger partial charge in [-0.3, -0.25) is 0 Å². The minimum Gasteiger partial charge on any atom is -0.370 e. The van der Waals surface area contributed by atoms with Gasteiger partial charge < -0.3 is 25.4 Å². The molecule has 38 heavy (non-hydrogen) atoms. The monoisotopic (exact) mass is 515 g/mol. The molecule has 9 heteroatoms. The van der Waals surface area contributed by atoms with Crippen molar-refractivity contribution in [2.24, 2.45) is 0 Å². The second-order valence-electron chi connectivity index (χ2n) is 10.1. The molecular formula is C29H31F2N7. The molecule has 4 aromatic rings. The van der Waals surface area contributed by atoms with Gasteiger partial charge in [-0.05, 0) is 55.5 Å². The molecule has 2 aromatic carbocycles. The van der Waals surface area contributed by atoms with E-state index in [9.17, 15) is 8.78 Å². The Balaban J connectivity index is 1.17. The van der Waals surface area contributed by atoms with Crippen molar-refractivity contribution in [3.05, 3.63) is 84.6 Å². The molecule has 6 rings (SSSR count). The van der Waals surface area contributed by atoms with Gasteiger partial charge in [0.25, 0.3) is 0 Å². The molecule has 0 aliphatic carbocycles. The largest absolute Gasteiger partial charge is 0.370 e. The van der Waals surface area contributed by atoms with Crippen molar-refractivity contribution in [1.82, 2.24) is 15.0 Å². The number of aromatic amines is 1. The summed E-state index contributed by atoms with van der Waals surface area (Å²) in [6, 6.07) is 12.6. The van der Waals surface area contributed by atoms with Gasteiger partial charge in [-0.2, -0.15) is 0 Å². The Hall–Kier alpha value is -4.14. The summed E-state index contributed by atoms with van der Waals surface area (Å²) in [7, 11) is 0. The topological polar surface area (TPSA) is 72.1 Å². The predicted molar refractivity (Wildman–Crippen MR) is 149 cm³/mol. The summed E-state index contributed by atoms with van der Waals surface area (Å²) in [4.78, 5) is 16.4. The highest BCUT2D eigenvalue weighted by atomic mass is 19.1. The lowest BCUT2D eigenvalue weighted by Gasteiger charge is -2.34. The minimum atomic E-state index is -0.632. The van der Waals surface area contributed by atoms with Gasteiger partial charge in [-0.15, -0.1) is 0 Å². The van der Waals surface area contributed by atoms with Crippen LogP contribution in [0.2, 0.25) is 0 Å². The molecule has 0 bridgehead atoms. The maximum absolute atomic E-state index is 14.8. The van der Waals surface area contributed by atoms with Gasteiger partial charge >= 0.3 is 0 Å². The third kappa shape index (κ3) is 4.88. The summed E-state index contributed by atoms with van der Waals surface area (Å²) in [5, 5.41) is 7.36. The van der Waals surface area contributed by atoms with Crippen LogP contribution in [-0.4, -0.2) is 41.1 Å². The number of aromatic nitrogens is 3. The molecule has 3 N–H and O–H groups in total. The Labute approximate surface area is 220 Å². The molecule has 1 atom stereocenters. The van der Waals surface area contributed by atoms with Crippen molar-refractivity contribution in [3.63, 3.8) is 0 Å². The highest BCUT2D eigenvalue weighted by Crippen LogP contribution is 2.35. The first-order valence-electron chi connectivity index (χ1n) is 13.1. The molecule has 0 radical (unpaired) electrons. The molecule has 2 aliphatic rings. The summed E-state index contributed by atoms with van der Waals surface area (Å²) in [6.07, 6.45) is 7.67. The minimum absolute atomic E-state index is 0.241. The number of halogens is 2. The summed E-state index contributed by atoms with van der Waals surface area (Å²) in [5.41, 5.74) is 3.70. The smallest absolute Gasteiger partial charge is 0.151 e. The zero-order valence-electron chi connectivity index (χ0n) is 21.2. The lowest BCUT2D eigenvalue weighted by molar-refractivity contribution is 0.508. The van der Waals surface area contributed by atoms with Crippen LogP contribution in [0.5, 0.6) is 0 Å². The van der Waals surface area contributed by atoms with E-state index in [4.69, 9.17) is 0 Å². The number of piperidine rings is 1. The molecule has 2 saturated heterocycles. The van der Waals surface area contributed by atoms with Crippen LogP contribution in [0, 0.1) is 11.6 Å². The Morgan fingerprint density at radius 3 is 2.68 bits per heavy atom. The van der Waals surface area contributed by atoms with Crippen molar-refractivity contribution in [1.29, 1.82) is 0 Å². The zero-order chi connectivity index (χ0) is 26.1. The second-order valence-corrected chi connectivity index (χ2v) is 10.1. The maximum Gasteiger partial charge on any atom is 0.151 e. The third-order valence-corrected chi connectivity index (χ3v) is 7.46. The number of fused-ring (bicyclic) bond motifs is 1. The van der Waals surface area contributed by atoms with Crippen molar-refractivity contribution in [2.75, 3.05) is 46.6 Å². The first-order valence-corrected chi connectivity index (χ1v) is 13.1. The highest BCUT2D eigenvalue weighted by Gasteiger charge is 2.24. The van der Waals surface area contributed by atoms with Crippen molar-refractivity contribution in [3.8, 4) is 0 Å². The van der Waals surface area contributed by atoms with Crippen molar-refractivity contribution in [2.45, 2.75) is 31.6 Å². The number of hydrogen-bond acceptors (Lipinski definition) is 6. The number of anilines is 4. The lowest BCUT2D eigenvalue weighted by Crippen LogP contribution is -2.35. The van der Waals surface area contributed by atoms with E-state index >= 15 is 0 Å². The van der Waals surface area contributed by atoms with Gasteiger partial charge in [0, 0.05) is 50.0 Å². The fourth-order valence-corrected chi connectivity index (χ4v) is 5.67. The Kier molecular flexibility index (Phi) is 6.57. The number of benzene rings is 2. The van der Waals surface area contributed by atoms with E-state index in [0.717, 1.165) is 80.5 Å². The van der Waals surface area contributed by atoms with Gasteiger partial charge in [-0.25, -0.2) is 18.7 Å². The van der Waals surface area contributed by atoms with Gasteiger partial charge in [-0.1, -0.05) is 18.7 Å². The number of nitrogens with one attached hydrogen (secondary N) is 3. The summed E-state index contributed by atoms with van der Waals surface area (Å²) in [5.74, 6) is 0.512. The SMILES string of the molecule is C=C(Nc1cccc(C2CCCN(c3ncnc4[nH]ccc34)C2)c1)Nc1c(F)cc(F)cc1N1CCCC1. The predicted octanol–water partition coefficient (Wildman–Crippen LogP) is 6.22. The van der Waals surface area contributed by atoms with Crippen LogP contribution in [0.15, 0.2) is 67.4 Å². The van der Waals surface area contributed by atoms with E-state index in [2.05, 4.69) is 49.2 Å². The number of H-pyrrole nitrogens is 1. The molecule has 4 heterocycles. The molecule has 0 spiro atoms. The second kappa shape index (κ2) is 10.3. The van der Waals surface area contributed by atoms with Crippen LogP contribution in [0.1, 0.15) is 37.2 Å². The molecular weight excluding hydrogens is 484 g/mol. The third-order valence-electron chi connectivity index (χ3n) is 7.46. The van der Waals surface area contributed by atoms with Crippen LogP contribution < -0.4 is 20.4 Å². The fourth-order valence-electron chi connectivity index (χ4n) is 5.67. The lowest BCUT2D eigenvalue weighted by atomic mass is 9.90. The number of rotatable bonds is 7. The van der Waals surface area contributed by atoms with Gasteiger partial charge in [0.2, 0.25) is 0 Å². The maximum atomic E-state index is 14.8. The normalized spacial score (nSPS) is 17.7. The Morgan fingerprint density at radius 2 is 1.82 bits per heavy atom. The van der Waals surface area contributed by atoms with E-state index in [1.807, 2.05) is 29.3 Å². The molecule has 2 aromatic heterocycles. The zero-order valence-corrected chi connectivity index (χ0v) is 21.2. The van der Waals surface area contributed by atoms with Gasteiger partial charge in [0.05, 0.1) is 16.8 Å². The molecule has 1 unspecified atom stereocenters. The van der Waals surface area contributed by atoms with E-state index in [1.54, 1.807) is 6.33 Å². The summed E-state index contributed by atoms with van der Waals surface area (Å²) in [6.45, 7) is 7.44. The summed E-state index contributed by atoms with van der Waals surface area (Å²) < 4.78 is 28.8. The molecule has 2 fully saturated rings. The Bertz CT molecular complexity index is 1460. The van der Waals surface area contributed by atoms with Crippen molar-refractivity contribution < 1.29 is 8.78 Å². The quantitative estimate of drug-likeness (QED) is 0.272. The van der Waals surface area contributed by atoms with Gasteiger partial charge in [0.1, 0.15) is 29.4 Å². The van der Waals surface area contributed by atoms with Crippen LogP contribution in [-0.2, 0) is 0 Å². The van der Waals surface area contributed by atoms with E-state index in [-0.39, 0.29) is 5.69 Å². The van der Waals surface area contributed by atoms with Crippen LogP contribution >= 0.6 is 0 Å². The molecule has 7 nitrogen and oxygen atoms in total. The fraction of sp³-hybridized carbons (Fsp3) is 0.310.